The van der Waals surface area contributed by atoms with E-state index in [4.69, 9.17) is 9.68 Å². The van der Waals surface area contributed by atoms with Crippen molar-refractivity contribution in [1.82, 2.24) is 0 Å². The lowest BCUT2D eigenvalue weighted by Crippen LogP contribution is -2.01. The molecule has 1 aromatic carbocycles. The van der Waals surface area contributed by atoms with E-state index in [0.717, 1.165) is 12.1 Å². The van der Waals surface area contributed by atoms with Crippen molar-refractivity contribution in [3.63, 3.8) is 0 Å². The minimum atomic E-state index is -0.574. The van der Waals surface area contributed by atoms with Crippen LogP contribution < -0.4 is 5.32 Å². The van der Waals surface area contributed by atoms with Gasteiger partial charge in [-0.05, 0) is 34.1 Å². The molecular formula is C12H7BrF2N2O. The maximum atomic E-state index is 13.5. The van der Waals surface area contributed by atoms with Gasteiger partial charge in [0.05, 0.1) is 16.7 Å². The standard InChI is InChI=1S/C12H7BrF2N2O/c13-9-3-11(15)12(4-10(9)14)17-6-8-2-1-7(5-16)18-8/h1-4,17H,6H2. The van der Waals surface area contributed by atoms with Crippen LogP contribution in [0.25, 0.3) is 0 Å². The first kappa shape index (κ1) is 12.6. The third-order valence-corrected chi connectivity index (χ3v) is 2.84. The molecule has 0 aliphatic rings. The Labute approximate surface area is 110 Å². The fourth-order valence-electron chi connectivity index (χ4n) is 1.37. The molecule has 6 heteroatoms. The number of furan rings is 1. The molecule has 0 bridgehead atoms. The van der Waals surface area contributed by atoms with E-state index in [1.807, 2.05) is 6.07 Å². The topological polar surface area (TPSA) is 49.0 Å². The highest BCUT2D eigenvalue weighted by Gasteiger charge is 2.09. The van der Waals surface area contributed by atoms with Gasteiger partial charge in [-0.25, -0.2) is 8.78 Å². The summed E-state index contributed by atoms with van der Waals surface area (Å²) in [5.74, 6) is -0.491. The summed E-state index contributed by atoms with van der Waals surface area (Å²) in [6, 6.07) is 7.04. The minimum Gasteiger partial charge on any atom is -0.449 e. The average Bonchev–Trinajstić information content (AvgIpc) is 2.80. The molecule has 0 aliphatic heterocycles. The highest BCUT2D eigenvalue weighted by Crippen LogP contribution is 2.23. The molecule has 92 valence electrons. The molecule has 0 saturated heterocycles. The van der Waals surface area contributed by atoms with Gasteiger partial charge in [0.25, 0.3) is 0 Å². The number of hydrogen-bond acceptors (Lipinski definition) is 3. The fourth-order valence-corrected chi connectivity index (χ4v) is 1.69. The Morgan fingerprint density at radius 3 is 2.72 bits per heavy atom. The number of nitrogens with one attached hydrogen (secondary N) is 1. The van der Waals surface area contributed by atoms with Crippen LogP contribution in [0.2, 0.25) is 0 Å². The normalized spacial score (nSPS) is 10.1. The third kappa shape index (κ3) is 2.68. The molecule has 0 fully saturated rings. The van der Waals surface area contributed by atoms with Crippen LogP contribution in [0.4, 0.5) is 14.5 Å². The van der Waals surface area contributed by atoms with Gasteiger partial charge >= 0.3 is 0 Å². The fraction of sp³-hybridized carbons (Fsp3) is 0.0833. The highest BCUT2D eigenvalue weighted by atomic mass is 79.9. The molecule has 1 heterocycles. The van der Waals surface area contributed by atoms with Crippen LogP contribution in [0.1, 0.15) is 11.5 Å². The molecule has 3 nitrogen and oxygen atoms in total. The quantitative estimate of drug-likeness (QED) is 0.877. The first-order valence-corrected chi connectivity index (χ1v) is 5.76. The molecule has 0 saturated carbocycles. The van der Waals surface area contributed by atoms with Gasteiger partial charge in [0.2, 0.25) is 5.76 Å². The molecule has 2 aromatic rings. The van der Waals surface area contributed by atoms with E-state index in [1.54, 1.807) is 6.07 Å². The van der Waals surface area contributed by atoms with Gasteiger partial charge in [0.15, 0.2) is 0 Å². The van der Waals surface area contributed by atoms with Crippen molar-refractivity contribution >= 4 is 21.6 Å². The maximum absolute atomic E-state index is 13.5. The SMILES string of the molecule is N#Cc1ccc(CNc2cc(F)c(Br)cc2F)o1. The number of nitrogens with zero attached hydrogens (tertiary/aromatic N) is 1. The molecule has 1 aromatic heterocycles. The Bertz CT molecular complexity index is 619. The summed E-state index contributed by atoms with van der Waals surface area (Å²) in [7, 11) is 0. The van der Waals surface area contributed by atoms with Gasteiger partial charge in [0.1, 0.15) is 23.5 Å². The molecular weight excluding hydrogens is 306 g/mol. The zero-order chi connectivity index (χ0) is 13.1. The van der Waals surface area contributed by atoms with Crippen molar-refractivity contribution in [3.8, 4) is 6.07 Å². The summed E-state index contributed by atoms with van der Waals surface area (Å²) >= 11 is 2.89. The monoisotopic (exact) mass is 312 g/mol. The molecule has 0 unspecified atom stereocenters. The second-order valence-electron chi connectivity index (χ2n) is 3.48. The lowest BCUT2D eigenvalue weighted by Gasteiger charge is -2.06. The van der Waals surface area contributed by atoms with Crippen molar-refractivity contribution in [2.24, 2.45) is 0 Å². The lowest BCUT2D eigenvalue weighted by molar-refractivity contribution is 0.505. The number of rotatable bonds is 3. The van der Waals surface area contributed by atoms with E-state index in [2.05, 4.69) is 21.2 Å². The van der Waals surface area contributed by atoms with Crippen LogP contribution in [0, 0.1) is 23.0 Å². The second kappa shape index (κ2) is 5.19. The van der Waals surface area contributed by atoms with Crippen molar-refractivity contribution in [2.45, 2.75) is 6.54 Å². The average molecular weight is 313 g/mol. The zero-order valence-corrected chi connectivity index (χ0v) is 10.6. The summed E-state index contributed by atoms with van der Waals surface area (Å²) in [5, 5.41) is 11.3. The van der Waals surface area contributed by atoms with E-state index in [0.29, 0.717) is 5.76 Å². The Kier molecular flexibility index (Phi) is 3.63. The van der Waals surface area contributed by atoms with Gasteiger partial charge < -0.3 is 9.73 Å². The number of halogens is 3. The highest BCUT2D eigenvalue weighted by molar-refractivity contribution is 9.10. The van der Waals surface area contributed by atoms with Crippen LogP contribution in [-0.4, -0.2) is 0 Å². The first-order valence-electron chi connectivity index (χ1n) is 4.97. The minimum absolute atomic E-state index is 0.0330. The Morgan fingerprint density at radius 2 is 2.06 bits per heavy atom. The van der Waals surface area contributed by atoms with E-state index in [9.17, 15) is 8.78 Å². The zero-order valence-electron chi connectivity index (χ0n) is 9.01. The van der Waals surface area contributed by atoms with Crippen LogP contribution in [0.3, 0.4) is 0 Å². The van der Waals surface area contributed by atoms with Crippen LogP contribution in [0.5, 0.6) is 0 Å². The number of anilines is 1. The summed E-state index contributed by atoms with van der Waals surface area (Å²) < 4.78 is 31.9. The second-order valence-corrected chi connectivity index (χ2v) is 4.33. The Balaban J connectivity index is 2.11. The van der Waals surface area contributed by atoms with Crippen molar-refractivity contribution in [1.29, 1.82) is 5.26 Å². The Morgan fingerprint density at radius 1 is 1.28 bits per heavy atom. The van der Waals surface area contributed by atoms with Crippen LogP contribution in [-0.2, 0) is 6.54 Å². The predicted octanol–water partition coefficient (Wildman–Crippen LogP) is 3.80. The van der Waals surface area contributed by atoms with Crippen LogP contribution in [0.15, 0.2) is 33.2 Å². The van der Waals surface area contributed by atoms with E-state index >= 15 is 0 Å². The molecule has 0 aliphatic carbocycles. The van der Waals surface area contributed by atoms with Gasteiger partial charge in [-0.3, -0.25) is 0 Å². The molecule has 2 rings (SSSR count). The van der Waals surface area contributed by atoms with Crippen molar-refractivity contribution < 1.29 is 13.2 Å². The molecule has 0 radical (unpaired) electrons. The van der Waals surface area contributed by atoms with Gasteiger partial charge in [-0.15, -0.1) is 0 Å². The molecule has 1 N–H and O–H groups in total. The largest absolute Gasteiger partial charge is 0.449 e. The predicted molar refractivity (Wildman–Crippen MR) is 64.8 cm³/mol. The Hall–Kier alpha value is -1.87. The maximum Gasteiger partial charge on any atom is 0.203 e. The summed E-state index contributed by atoms with van der Waals surface area (Å²) in [4.78, 5) is 0. The number of nitriles is 1. The first-order chi connectivity index (χ1) is 8.60. The summed E-state index contributed by atoms with van der Waals surface area (Å²) in [6.07, 6.45) is 0. The summed E-state index contributed by atoms with van der Waals surface area (Å²) in [5.41, 5.74) is 0.0330. The summed E-state index contributed by atoms with van der Waals surface area (Å²) in [6.45, 7) is 0.166. The molecule has 18 heavy (non-hydrogen) atoms. The van der Waals surface area contributed by atoms with Gasteiger partial charge in [-0.2, -0.15) is 5.26 Å². The van der Waals surface area contributed by atoms with E-state index in [1.165, 1.54) is 6.07 Å². The number of benzene rings is 1. The van der Waals surface area contributed by atoms with Crippen LogP contribution >= 0.6 is 15.9 Å². The van der Waals surface area contributed by atoms with Crippen molar-refractivity contribution in [3.05, 3.63) is 51.9 Å². The smallest absolute Gasteiger partial charge is 0.203 e. The van der Waals surface area contributed by atoms with Gasteiger partial charge in [-0.1, -0.05) is 0 Å². The number of hydrogen-bond donors (Lipinski definition) is 1. The molecule has 0 spiro atoms. The third-order valence-electron chi connectivity index (χ3n) is 2.23. The van der Waals surface area contributed by atoms with E-state index < -0.39 is 11.6 Å². The van der Waals surface area contributed by atoms with Crippen molar-refractivity contribution in [2.75, 3.05) is 5.32 Å². The lowest BCUT2D eigenvalue weighted by atomic mass is 10.3. The molecule has 0 amide bonds. The van der Waals surface area contributed by atoms with E-state index in [-0.39, 0.29) is 22.5 Å². The van der Waals surface area contributed by atoms with Gasteiger partial charge in [0, 0.05) is 6.07 Å². The molecule has 0 atom stereocenters.